The molecule has 1 aromatic heterocycles. The van der Waals surface area contributed by atoms with Crippen LogP contribution in [-0.2, 0) is 9.59 Å². The first kappa shape index (κ1) is 15.5. The molecule has 0 fully saturated rings. The van der Waals surface area contributed by atoms with E-state index in [1.165, 1.54) is 12.2 Å². The number of carbonyl (C=O) groups is 2. The third kappa shape index (κ3) is 4.90. The highest BCUT2D eigenvalue weighted by Gasteiger charge is 2.31. The van der Waals surface area contributed by atoms with E-state index >= 15 is 0 Å². The largest absolute Gasteiger partial charge is 0.480 e. The first-order chi connectivity index (χ1) is 8.70. The van der Waals surface area contributed by atoms with Crippen molar-refractivity contribution in [2.45, 2.75) is 26.8 Å². The van der Waals surface area contributed by atoms with E-state index in [1.807, 2.05) is 0 Å². The van der Waals surface area contributed by atoms with Crippen LogP contribution in [0.1, 0.15) is 26.5 Å². The number of halogens is 1. The lowest BCUT2D eigenvalue weighted by molar-refractivity contribution is -0.144. The Balaban J connectivity index is 2.68. The van der Waals surface area contributed by atoms with Gasteiger partial charge in [-0.2, -0.15) is 0 Å². The van der Waals surface area contributed by atoms with Gasteiger partial charge in [-0.05, 0) is 39.6 Å². The molecular weight excluding hydrogens is 314 g/mol. The lowest BCUT2D eigenvalue weighted by Crippen LogP contribution is -2.48. The van der Waals surface area contributed by atoms with Gasteiger partial charge in [-0.25, -0.2) is 4.79 Å². The van der Waals surface area contributed by atoms with Crippen LogP contribution >= 0.6 is 15.9 Å². The topological polar surface area (TPSA) is 79.5 Å². The van der Waals surface area contributed by atoms with Gasteiger partial charge in [0.15, 0.2) is 4.67 Å². The second-order valence-electron chi connectivity index (χ2n) is 5.12. The van der Waals surface area contributed by atoms with Crippen LogP contribution in [-0.4, -0.2) is 23.0 Å². The van der Waals surface area contributed by atoms with Gasteiger partial charge < -0.3 is 14.8 Å². The summed E-state index contributed by atoms with van der Waals surface area (Å²) in [4.78, 5) is 22.8. The van der Waals surface area contributed by atoms with Gasteiger partial charge >= 0.3 is 5.97 Å². The summed E-state index contributed by atoms with van der Waals surface area (Å²) >= 11 is 3.15. The van der Waals surface area contributed by atoms with Gasteiger partial charge in [0.05, 0.1) is 0 Å². The van der Waals surface area contributed by atoms with Gasteiger partial charge in [0.2, 0.25) is 5.91 Å². The second-order valence-corrected chi connectivity index (χ2v) is 5.90. The van der Waals surface area contributed by atoms with Crippen molar-refractivity contribution in [3.8, 4) is 0 Å². The molecule has 2 N–H and O–H groups in total. The third-order valence-corrected chi connectivity index (χ3v) is 2.82. The maximum atomic E-state index is 11.7. The molecule has 0 unspecified atom stereocenters. The zero-order valence-electron chi connectivity index (χ0n) is 10.9. The summed E-state index contributed by atoms with van der Waals surface area (Å²) in [6.45, 7) is 5.25. The van der Waals surface area contributed by atoms with Crippen LogP contribution in [0.4, 0.5) is 0 Å². The predicted octanol–water partition coefficient (Wildman–Crippen LogP) is 2.67. The molecule has 1 rings (SSSR count). The smallest absolute Gasteiger partial charge is 0.326 e. The number of carbonyl (C=O) groups excluding carboxylic acids is 1. The Morgan fingerprint density at radius 1 is 1.42 bits per heavy atom. The van der Waals surface area contributed by atoms with Gasteiger partial charge in [-0.1, -0.05) is 20.8 Å². The number of hydrogen-bond acceptors (Lipinski definition) is 3. The summed E-state index contributed by atoms with van der Waals surface area (Å²) in [7, 11) is 0. The monoisotopic (exact) mass is 329 g/mol. The molecular formula is C13H16BrNO4. The lowest BCUT2D eigenvalue weighted by atomic mass is 9.87. The van der Waals surface area contributed by atoms with E-state index in [0.29, 0.717) is 10.4 Å². The molecule has 1 atom stereocenters. The summed E-state index contributed by atoms with van der Waals surface area (Å²) in [5.74, 6) is -1.03. The van der Waals surface area contributed by atoms with Gasteiger partial charge in [0, 0.05) is 6.08 Å². The van der Waals surface area contributed by atoms with E-state index in [0.717, 1.165) is 0 Å². The van der Waals surface area contributed by atoms with Gasteiger partial charge in [0.1, 0.15) is 11.8 Å². The Bertz CT molecular complexity index is 499. The highest BCUT2D eigenvalue weighted by atomic mass is 79.9. The molecule has 0 aliphatic rings. The standard InChI is InChI=1S/C13H16BrNO4/c1-13(2,3)11(12(17)18)15-10(16)7-5-8-4-6-9(14)19-8/h4-7,11H,1-3H3,(H,15,16)(H,17,18)/b7-5+/t11-/m1/s1. The van der Waals surface area contributed by atoms with Crippen molar-refractivity contribution < 1.29 is 19.1 Å². The molecule has 0 aliphatic carbocycles. The van der Waals surface area contributed by atoms with E-state index in [1.54, 1.807) is 32.9 Å². The van der Waals surface area contributed by atoms with Crippen molar-refractivity contribution in [3.63, 3.8) is 0 Å². The van der Waals surface area contributed by atoms with E-state index in [4.69, 9.17) is 9.52 Å². The molecule has 1 amide bonds. The molecule has 1 heterocycles. The normalized spacial score (nSPS) is 13.5. The van der Waals surface area contributed by atoms with Crippen LogP contribution in [0.25, 0.3) is 6.08 Å². The van der Waals surface area contributed by atoms with Crippen LogP contribution in [0.15, 0.2) is 27.3 Å². The molecule has 0 aliphatic heterocycles. The SMILES string of the molecule is CC(C)(C)[C@H](NC(=O)/C=C/c1ccc(Br)o1)C(=O)O. The first-order valence-corrected chi connectivity index (χ1v) is 6.46. The van der Waals surface area contributed by atoms with E-state index < -0.39 is 23.3 Å². The summed E-state index contributed by atoms with van der Waals surface area (Å²) in [5.41, 5.74) is -0.566. The molecule has 0 saturated carbocycles. The fourth-order valence-corrected chi connectivity index (χ4v) is 1.73. The molecule has 0 bridgehead atoms. The Morgan fingerprint density at radius 3 is 2.47 bits per heavy atom. The molecule has 0 saturated heterocycles. The minimum Gasteiger partial charge on any atom is -0.480 e. The number of amides is 1. The van der Waals surface area contributed by atoms with Crippen LogP contribution in [0.3, 0.4) is 0 Å². The van der Waals surface area contributed by atoms with Crippen LogP contribution in [0, 0.1) is 5.41 Å². The Morgan fingerprint density at radius 2 is 2.05 bits per heavy atom. The molecule has 6 heteroatoms. The predicted molar refractivity (Wildman–Crippen MR) is 74.5 cm³/mol. The molecule has 0 spiro atoms. The van der Waals surface area contributed by atoms with Crippen LogP contribution in [0.5, 0.6) is 0 Å². The number of nitrogens with one attached hydrogen (secondary N) is 1. The number of carboxylic acids is 1. The molecule has 104 valence electrons. The summed E-state index contributed by atoms with van der Waals surface area (Å²) in [6, 6.07) is 2.44. The van der Waals surface area contributed by atoms with Crippen molar-refractivity contribution in [1.82, 2.24) is 5.32 Å². The minimum atomic E-state index is -1.06. The minimum absolute atomic E-state index is 0.477. The first-order valence-electron chi connectivity index (χ1n) is 5.67. The van der Waals surface area contributed by atoms with E-state index in [2.05, 4.69) is 21.2 Å². The highest BCUT2D eigenvalue weighted by molar-refractivity contribution is 9.10. The zero-order chi connectivity index (χ0) is 14.6. The summed E-state index contributed by atoms with van der Waals surface area (Å²) in [6.07, 6.45) is 2.72. The maximum absolute atomic E-state index is 11.7. The summed E-state index contributed by atoms with van der Waals surface area (Å²) in [5, 5.41) is 11.5. The lowest BCUT2D eigenvalue weighted by Gasteiger charge is -2.27. The molecule has 0 aromatic carbocycles. The van der Waals surface area contributed by atoms with Crippen LogP contribution in [0.2, 0.25) is 0 Å². The zero-order valence-corrected chi connectivity index (χ0v) is 12.5. The molecule has 19 heavy (non-hydrogen) atoms. The quantitative estimate of drug-likeness (QED) is 0.832. The number of carboxylic acid groups (broad SMARTS) is 1. The molecule has 0 radical (unpaired) electrons. The number of furan rings is 1. The fraction of sp³-hybridized carbons (Fsp3) is 0.385. The van der Waals surface area contributed by atoms with E-state index in [9.17, 15) is 9.59 Å². The molecule has 5 nitrogen and oxygen atoms in total. The Labute approximate surface area is 119 Å². The Kier molecular flexibility index (Phi) is 4.94. The highest BCUT2D eigenvalue weighted by Crippen LogP contribution is 2.19. The molecule has 1 aromatic rings. The average Bonchev–Trinajstić information content (AvgIpc) is 2.67. The summed E-state index contributed by atoms with van der Waals surface area (Å²) < 4.78 is 5.75. The van der Waals surface area contributed by atoms with Crippen LogP contribution < -0.4 is 5.32 Å². The second kappa shape index (κ2) is 6.06. The number of hydrogen-bond donors (Lipinski definition) is 2. The van der Waals surface area contributed by atoms with E-state index in [-0.39, 0.29) is 0 Å². The number of aliphatic carboxylic acids is 1. The van der Waals surface area contributed by atoms with Gasteiger partial charge in [-0.3, -0.25) is 4.79 Å². The third-order valence-electron chi connectivity index (χ3n) is 2.39. The van der Waals surface area contributed by atoms with Crippen molar-refractivity contribution in [1.29, 1.82) is 0 Å². The van der Waals surface area contributed by atoms with Crippen molar-refractivity contribution in [2.75, 3.05) is 0 Å². The van der Waals surface area contributed by atoms with Crippen molar-refractivity contribution in [2.24, 2.45) is 5.41 Å². The fourth-order valence-electron chi connectivity index (χ4n) is 1.41. The van der Waals surface area contributed by atoms with Gasteiger partial charge in [0.25, 0.3) is 0 Å². The maximum Gasteiger partial charge on any atom is 0.326 e. The van der Waals surface area contributed by atoms with Crippen molar-refractivity contribution in [3.05, 3.63) is 28.6 Å². The van der Waals surface area contributed by atoms with Crippen molar-refractivity contribution >= 4 is 33.9 Å². The van der Waals surface area contributed by atoms with Gasteiger partial charge in [-0.15, -0.1) is 0 Å². The number of rotatable bonds is 4. The average molecular weight is 330 g/mol. The Hall–Kier alpha value is -1.56.